The largest absolute Gasteiger partial charge is 0.337 e. The summed E-state index contributed by atoms with van der Waals surface area (Å²) in [5.41, 5.74) is 0. The Morgan fingerprint density at radius 3 is 3.00 bits per heavy atom. The highest BCUT2D eigenvalue weighted by atomic mass is 32.2. The minimum absolute atomic E-state index is 0.0528. The Kier molecular flexibility index (Phi) is 5.73. The molecule has 1 amide bonds. The predicted octanol–water partition coefficient (Wildman–Crippen LogP) is 1.82. The van der Waals surface area contributed by atoms with Gasteiger partial charge in [0.1, 0.15) is 0 Å². The number of thiophene rings is 1. The van der Waals surface area contributed by atoms with E-state index in [0.29, 0.717) is 31.1 Å². The van der Waals surface area contributed by atoms with Crippen molar-refractivity contribution in [1.29, 1.82) is 0 Å². The molecule has 26 heavy (non-hydrogen) atoms. The molecule has 8 nitrogen and oxygen atoms in total. The molecule has 3 rings (SSSR count). The van der Waals surface area contributed by atoms with Gasteiger partial charge in [-0.05, 0) is 31.2 Å². The number of piperidine rings is 1. The number of carbonyl (C=O) groups is 1. The first kappa shape index (κ1) is 19.0. The van der Waals surface area contributed by atoms with E-state index >= 15 is 0 Å². The highest BCUT2D eigenvalue weighted by Gasteiger charge is 2.33. The third-order valence-corrected chi connectivity index (χ3v) is 7.16. The molecule has 10 heteroatoms. The Bertz CT molecular complexity index is 847. The lowest BCUT2D eigenvalue weighted by molar-refractivity contribution is -0.136. The molecule has 0 unspecified atom stereocenters. The molecule has 0 radical (unpaired) electrons. The van der Waals surface area contributed by atoms with Crippen molar-refractivity contribution in [2.24, 2.45) is 5.92 Å². The molecule has 1 atom stereocenters. The lowest BCUT2D eigenvalue weighted by Gasteiger charge is -2.32. The average molecular weight is 399 g/mol. The van der Waals surface area contributed by atoms with E-state index in [9.17, 15) is 13.2 Å². The maximum Gasteiger partial charge on any atom is 0.246 e. The summed E-state index contributed by atoms with van der Waals surface area (Å²) in [6.07, 6.45) is 1.37. The SMILES string of the molecule is CCS(=O)(=O)N1CCC[C@H](C(=O)N(C)Cc2nc(-c3cccs3)no2)C1. The first-order chi connectivity index (χ1) is 12.4. The third-order valence-electron chi connectivity index (χ3n) is 4.45. The Morgan fingerprint density at radius 2 is 2.31 bits per heavy atom. The summed E-state index contributed by atoms with van der Waals surface area (Å²) in [6, 6.07) is 3.81. The highest BCUT2D eigenvalue weighted by Crippen LogP contribution is 2.23. The Balaban J connectivity index is 1.62. The molecule has 0 bridgehead atoms. The summed E-state index contributed by atoms with van der Waals surface area (Å²) in [4.78, 5) is 19.5. The second-order valence-electron chi connectivity index (χ2n) is 6.28. The van der Waals surface area contributed by atoms with Crippen molar-refractivity contribution in [1.82, 2.24) is 19.3 Å². The van der Waals surface area contributed by atoms with Crippen LogP contribution in [-0.2, 0) is 21.4 Å². The first-order valence-corrected chi connectivity index (χ1v) is 11.0. The molecule has 1 saturated heterocycles. The number of sulfonamides is 1. The van der Waals surface area contributed by atoms with Crippen LogP contribution >= 0.6 is 11.3 Å². The van der Waals surface area contributed by atoms with Crippen LogP contribution < -0.4 is 0 Å². The van der Waals surface area contributed by atoms with Crippen LogP contribution in [0.5, 0.6) is 0 Å². The fourth-order valence-corrected chi connectivity index (χ4v) is 4.83. The molecule has 1 aliphatic rings. The molecule has 2 aromatic rings. The number of carbonyl (C=O) groups excluding carboxylic acids is 1. The first-order valence-electron chi connectivity index (χ1n) is 8.50. The molecule has 0 N–H and O–H groups in total. The number of hydrogen-bond donors (Lipinski definition) is 0. The number of amides is 1. The summed E-state index contributed by atoms with van der Waals surface area (Å²) in [7, 11) is -1.60. The second kappa shape index (κ2) is 7.85. The summed E-state index contributed by atoms with van der Waals surface area (Å²) in [6.45, 7) is 2.54. The minimum Gasteiger partial charge on any atom is -0.337 e. The highest BCUT2D eigenvalue weighted by molar-refractivity contribution is 7.89. The van der Waals surface area contributed by atoms with Gasteiger partial charge in [-0.3, -0.25) is 4.79 Å². The van der Waals surface area contributed by atoms with Gasteiger partial charge < -0.3 is 9.42 Å². The zero-order valence-corrected chi connectivity index (χ0v) is 16.4. The van der Waals surface area contributed by atoms with Gasteiger partial charge in [-0.1, -0.05) is 11.2 Å². The van der Waals surface area contributed by atoms with Gasteiger partial charge in [-0.15, -0.1) is 11.3 Å². The van der Waals surface area contributed by atoms with E-state index in [2.05, 4.69) is 10.1 Å². The number of rotatable bonds is 6. The maximum absolute atomic E-state index is 12.7. The van der Waals surface area contributed by atoms with Crippen LogP contribution in [0.25, 0.3) is 10.7 Å². The molecule has 2 aromatic heterocycles. The van der Waals surface area contributed by atoms with Crippen molar-refractivity contribution in [2.45, 2.75) is 26.3 Å². The summed E-state index contributed by atoms with van der Waals surface area (Å²) in [5.74, 6) is 0.482. The van der Waals surface area contributed by atoms with E-state index in [1.165, 1.54) is 20.5 Å². The van der Waals surface area contributed by atoms with Crippen molar-refractivity contribution < 1.29 is 17.7 Å². The third kappa shape index (κ3) is 4.13. The maximum atomic E-state index is 12.7. The quantitative estimate of drug-likeness (QED) is 0.736. The molecule has 3 heterocycles. The topological polar surface area (TPSA) is 96.6 Å². The standard InChI is InChI=1S/C16H22N4O4S2/c1-3-26(22,23)20-8-4-6-12(10-20)16(21)19(2)11-14-17-15(18-24-14)13-7-5-9-25-13/h5,7,9,12H,3-4,6,8,10-11H2,1-2H3/t12-/m0/s1. The lowest BCUT2D eigenvalue weighted by atomic mass is 9.98. The van der Waals surface area contributed by atoms with E-state index in [1.807, 2.05) is 17.5 Å². The zero-order chi connectivity index (χ0) is 18.7. The molecule has 0 saturated carbocycles. The van der Waals surface area contributed by atoms with Gasteiger partial charge in [0, 0.05) is 20.1 Å². The van der Waals surface area contributed by atoms with E-state index in [0.717, 1.165) is 4.88 Å². The number of hydrogen-bond acceptors (Lipinski definition) is 7. The van der Waals surface area contributed by atoms with Gasteiger partial charge in [-0.2, -0.15) is 4.98 Å². The van der Waals surface area contributed by atoms with E-state index < -0.39 is 10.0 Å². The summed E-state index contributed by atoms with van der Waals surface area (Å²) in [5, 5.41) is 5.87. The van der Waals surface area contributed by atoms with Crippen molar-refractivity contribution >= 4 is 27.3 Å². The van der Waals surface area contributed by atoms with E-state index in [1.54, 1.807) is 14.0 Å². The van der Waals surface area contributed by atoms with Crippen molar-refractivity contribution in [3.8, 4) is 10.7 Å². The van der Waals surface area contributed by atoms with Crippen LogP contribution in [0.1, 0.15) is 25.7 Å². The van der Waals surface area contributed by atoms with Crippen LogP contribution in [0.2, 0.25) is 0 Å². The van der Waals surface area contributed by atoms with Gasteiger partial charge in [0.05, 0.1) is 23.1 Å². The summed E-state index contributed by atoms with van der Waals surface area (Å²) >= 11 is 1.51. The van der Waals surface area contributed by atoms with Gasteiger partial charge in [0.25, 0.3) is 0 Å². The fraction of sp³-hybridized carbons (Fsp3) is 0.562. The molecule has 1 aliphatic heterocycles. The molecule has 0 aromatic carbocycles. The van der Waals surface area contributed by atoms with Crippen molar-refractivity contribution in [2.75, 3.05) is 25.9 Å². The smallest absolute Gasteiger partial charge is 0.246 e. The molecule has 0 spiro atoms. The van der Waals surface area contributed by atoms with Crippen LogP contribution in [0.15, 0.2) is 22.0 Å². The van der Waals surface area contributed by atoms with Gasteiger partial charge in [0.15, 0.2) is 0 Å². The van der Waals surface area contributed by atoms with Crippen LogP contribution in [0, 0.1) is 5.92 Å². The van der Waals surface area contributed by atoms with Gasteiger partial charge in [0.2, 0.25) is 27.6 Å². The summed E-state index contributed by atoms with van der Waals surface area (Å²) < 4.78 is 30.8. The van der Waals surface area contributed by atoms with Crippen LogP contribution in [-0.4, -0.2) is 59.6 Å². The monoisotopic (exact) mass is 398 g/mol. The fourth-order valence-electron chi connectivity index (χ4n) is 3.00. The number of nitrogens with zero attached hydrogens (tertiary/aromatic N) is 4. The lowest BCUT2D eigenvalue weighted by Crippen LogP contribution is -2.46. The van der Waals surface area contributed by atoms with Crippen molar-refractivity contribution in [3.63, 3.8) is 0 Å². The second-order valence-corrected chi connectivity index (χ2v) is 9.49. The molecule has 0 aliphatic carbocycles. The van der Waals surface area contributed by atoms with Crippen molar-refractivity contribution in [3.05, 3.63) is 23.4 Å². The Labute approximate surface area is 156 Å². The minimum atomic E-state index is -3.27. The van der Waals surface area contributed by atoms with E-state index in [-0.39, 0.29) is 30.7 Å². The molecule has 1 fully saturated rings. The molecule has 142 valence electrons. The normalized spacial score (nSPS) is 18.8. The van der Waals surface area contributed by atoms with Crippen LogP contribution in [0.4, 0.5) is 0 Å². The molecular formula is C16H22N4O4S2. The van der Waals surface area contributed by atoms with Gasteiger partial charge in [-0.25, -0.2) is 12.7 Å². The predicted molar refractivity (Wildman–Crippen MR) is 97.8 cm³/mol. The average Bonchev–Trinajstić information content (AvgIpc) is 3.32. The Morgan fingerprint density at radius 1 is 1.50 bits per heavy atom. The van der Waals surface area contributed by atoms with E-state index in [4.69, 9.17) is 4.52 Å². The molecular weight excluding hydrogens is 376 g/mol. The number of aromatic nitrogens is 2. The zero-order valence-electron chi connectivity index (χ0n) is 14.8. The van der Waals surface area contributed by atoms with Gasteiger partial charge >= 0.3 is 0 Å². The Hall–Kier alpha value is -1.78. The van der Waals surface area contributed by atoms with Crippen LogP contribution in [0.3, 0.4) is 0 Å².